The Kier molecular flexibility index (Phi) is 12.1. The fraction of sp³-hybridized carbons (Fsp3) is 0.500. The van der Waals surface area contributed by atoms with Crippen LogP contribution < -0.4 is 0 Å². The van der Waals surface area contributed by atoms with Crippen LogP contribution in [-0.2, 0) is 9.59 Å². The lowest BCUT2D eigenvalue weighted by molar-refractivity contribution is -0.123. The normalized spacial score (nSPS) is 19.2. The molecule has 10 heteroatoms. The first-order valence-electron chi connectivity index (χ1n) is 15.0. The predicted molar refractivity (Wildman–Crippen MR) is 183 cm³/mol. The van der Waals surface area contributed by atoms with E-state index in [1.54, 1.807) is 22.0 Å². The van der Waals surface area contributed by atoms with Gasteiger partial charge in [0.15, 0.2) is 11.5 Å². The van der Waals surface area contributed by atoms with E-state index in [0.717, 1.165) is 51.4 Å². The second-order valence-electron chi connectivity index (χ2n) is 10.8. The Morgan fingerprint density at radius 1 is 0.714 bits per heavy atom. The Morgan fingerprint density at radius 3 is 1.48 bits per heavy atom. The number of rotatable bonds is 15. The van der Waals surface area contributed by atoms with Crippen LogP contribution in [0.5, 0.6) is 0 Å². The molecule has 2 unspecified atom stereocenters. The molecule has 2 saturated heterocycles. The summed E-state index contributed by atoms with van der Waals surface area (Å²) in [5.74, 6) is 2.94. The maximum Gasteiger partial charge on any atom is 0.266 e. The predicted octanol–water partition coefficient (Wildman–Crippen LogP) is 9.37. The lowest BCUT2D eigenvalue weighted by Gasteiger charge is -2.21. The average molecular weight is 645 g/mol. The van der Waals surface area contributed by atoms with Crippen molar-refractivity contribution in [2.75, 3.05) is 13.1 Å². The molecule has 2 amide bonds. The Hall–Kier alpha value is -2.14. The molecule has 42 heavy (non-hydrogen) atoms. The van der Waals surface area contributed by atoms with E-state index in [1.807, 2.05) is 24.3 Å². The molecular formula is C32H40N2O4S4. The summed E-state index contributed by atoms with van der Waals surface area (Å²) in [7, 11) is 0. The van der Waals surface area contributed by atoms with E-state index >= 15 is 0 Å². The molecule has 2 aromatic heterocycles. The van der Waals surface area contributed by atoms with E-state index < -0.39 is 0 Å². The van der Waals surface area contributed by atoms with Gasteiger partial charge in [0.05, 0.1) is 9.81 Å². The van der Waals surface area contributed by atoms with Gasteiger partial charge >= 0.3 is 0 Å². The van der Waals surface area contributed by atoms with Gasteiger partial charge in [-0.1, -0.05) is 114 Å². The molecule has 2 fully saturated rings. The number of furan rings is 2. The topological polar surface area (TPSA) is 66.9 Å². The lowest BCUT2D eigenvalue weighted by atomic mass is 9.99. The van der Waals surface area contributed by atoms with E-state index in [9.17, 15) is 9.59 Å². The number of carbonyl (C=O) groups is 2. The lowest BCUT2D eigenvalue weighted by Crippen LogP contribution is -2.33. The van der Waals surface area contributed by atoms with Crippen LogP contribution >= 0.6 is 48.0 Å². The minimum Gasteiger partial charge on any atom is -0.453 e. The van der Waals surface area contributed by atoms with Crippen LogP contribution in [0.1, 0.15) is 90.6 Å². The van der Waals surface area contributed by atoms with Crippen LogP contribution in [0.2, 0.25) is 0 Å². The van der Waals surface area contributed by atoms with Crippen LogP contribution in [-0.4, -0.2) is 43.3 Å². The van der Waals surface area contributed by atoms with Gasteiger partial charge in [0.1, 0.15) is 20.2 Å². The number of unbranched alkanes of at least 4 members (excludes halogenated alkanes) is 2. The van der Waals surface area contributed by atoms with Gasteiger partial charge < -0.3 is 8.83 Å². The molecule has 0 bridgehead atoms. The summed E-state index contributed by atoms with van der Waals surface area (Å²) >= 11 is 13.7. The standard InChI is InChI=1S/C32H40N2O4S4/c1-5-9-11-21(7-3)19-33-29(35)27(41-31(33)39)17-23-13-15-25(37-23)26-16-14-24(38-26)18-28-30(36)34(32(40)42-28)20-22(8-4)12-10-6-2/h13-18,21-22H,5-12,19-20H2,1-4H3/b27-17-,28-18-. The summed E-state index contributed by atoms with van der Waals surface area (Å²) in [4.78, 5) is 30.8. The highest BCUT2D eigenvalue weighted by molar-refractivity contribution is 8.27. The summed E-state index contributed by atoms with van der Waals surface area (Å²) in [5, 5.41) is 0. The Labute approximate surface area is 268 Å². The molecule has 0 aliphatic carbocycles. The molecule has 2 aliphatic heterocycles. The minimum atomic E-state index is -0.0638. The van der Waals surface area contributed by atoms with E-state index in [4.69, 9.17) is 33.3 Å². The maximum atomic E-state index is 13.1. The van der Waals surface area contributed by atoms with Crippen LogP contribution in [0.25, 0.3) is 23.7 Å². The van der Waals surface area contributed by atoms with Gasteiger partial charge in [-0.3, -0.25) is 19.4 Å². The second-order valence-corrected chi connectivity index (χ2v) is 14.2. The van der Waals surface area contributed by atoms with Crippen LogP contribution in [0.3, 0.4) is 0 Å². The Bertz CT molecular complexity index is 1260. The van der Waals surface area contributed by atoms with Crippen molar-refractivity contribution in [3.8, 4) is 11.5 Å². The van der Waals surface area contributed by atoms with Crippen molar-refractivity contribution in [1.29, 1.82) is 0 Å². The zero-order valence-electron chi connectivity index (χ0n) is 24.9. The van der Waals surface area contributed by atoms with Gasteiger partial charge in [-0.05, 0) is 48.9 Å². The van der Waals surface area contributed by atoms with Crippen LogP contribution in [0.4, 0.5) is 0 Å². The van der Waals surface area contributed by atoms with Crippen molar-refractivity contribution in [1.82, 2.24) is 9.80 Å². The summed E-state index contributed by atoms with van der Waals surface area (Å²) in [6.07, 6.45) is 12.3. The molecule has 2 atom stereocenters. The van der Waals surface area contributed by atoms with E-state index in [-0.39, 0.29) is 11.8 Å². The van der Waals surface area contributed by atoms with Crippen molar-refractivity contribution < 1.29 is 18.4 Å². The van der Waals surface area contributed by atoms with E-state index in [1.165, 1.54) is 23.5 Å². The summed E-state index contributed by atoms with van der Waals surface area (Å²) < 4.78 is 13.2. The fourth-order valence-electron chi connectivity index (χ4n) is 5.05. The molecule has 226 valence electrons. The fourth-order valence-corrected chi connectivity index (χ4v) is 7.56. The van der Waals surface area contributed by atoms with Crippen molar-refractivity contribution in [2.24, 2.45) is 11.8 Å². The Morgan fingerprint density at radius 2 is 1.12 bits per heavy atom. The Balaban J connectivity index is 1.41. The molecule has 2 aliphatic rings. The summed E-state index contributed by atoms with van der Waals surface area (Å²) in [6, 6.07) is 7.25. The minimum absolute atomic E-state index is 0.0638. The quantitative estimate of drug-likeness (QED) is 0.140. The molecule has 2 aromatic rings. The molecule has 4 heterocycles. The van der Waals surface area contributed by atoms with Gasteiger partial charge in [-0.25, -0.2) is 0 Å². The zero-order chi connectivity index (χ0) is 30.2. The summed E-state index contributed by atoms with van der Waals surface area (Å²) in [5.41, 5.74) is 0. The molecular weight excluding hydrogens is 605 g/mol. The van der Waals surface area contributed by atoms with Gasteiger partial charge in [0, 0.05) is 25.2 Å². The second kappa shape index (κ2) is 15.5. The van der Waals surface area contributed by atoms with Crippen LogP contribution in [0, 0.1) is 11.8 Å². The van der Waals surface area contributed by atoms with Crippen LogP contribution in [0.15, 0.2) is 42.9 Å². The molecule has 4 rings (SSSR count). The zero-order valence-corrected chi connectivity index (χ0v) is 28.1. The first-order valence-corrected chi connectivity index (χ1v) is 17.4. The van der Waals surface area contributed by atoms with Crippen molar-refractivity contribution >= 4 is 80.6 Å². The van der Waals surface area contributed by atoms with Gasteiger partial charge in [0.2, 0.25) is 0 Å². The smallest absolute Gasteiger partial charge is 0.266 e. The largest absolute Gasteiger partial charge is 0.453 e. The highest BCUT2D eigenvalue weighted by atomic mass is 32.2. The third-order valence-electron chi connectivity index (χ3n) is 7.76. The van der Waals surface area contributed by atoms with Gasteiger partial charge in [-0.2, -0.15) is 0 Å². The number of thioether (sulfide) groups is 2. The molecule has 0 N–H and O–H groups in total. The third-order valence-corrected chi connectivity index (χ3v) is 10.5. The number of hydrogen-bond donors (Lipinski definition) is 0. The van der Waals surface area contributed by atoms with E-state index in [0.29, 0.717) is 66.4 Å². The van der Waals surface area contributed by atoms with E-state index in [2.05, 4.69) is 27.7 Å². The maximum absolute atomic E-state index is 13.1. The van der Waals surface area contributed by atoms with Crippen molar-refractivity contribution in [3.05, 3.63) is 45.6 Å². The molecule has 0 saturated carbocycles. The third kappa shape index (κ3) is 8.07. The SMILES string of the molecule is CCCCC(CC)CN1C(=O)/C(=C/c2ccc(-c3ccc(/C=C4\SC(=S)N(CC(CC)CCCC)C4=O)o3)o2)SC1=S. The van der Waals surface area contributed by atoms with Crippen molar-refractivity contribution in [2.45, 2.75) is 79.1 Å². The monoisotopic (exact) mass is 644 g/mol. The highest BCUT2D eigenvalue weighted by Gasteiger charge is 2.34. The molecule has 0 spiro atoms. The molecule has 6 nitrogen and oxygen atoms in total. The summed E-state index contributed by atoms with van der Waals surface area (Å²) in [6.45, 7) is 10.0. The molecule has 0 radical (unpaired) electrons. The number of hydrogen-bond acceptors (Lipinski definition) is 8. The number of amides is 2. The number of carbonyl (C=O) groups excluding carboxylic acids is 2. The molecule has 0 aromatic carbocycles. The first kappa shape index (κ1) is 32.8. The highest BCUT2D eigenvalue weighted by Crippen LogP contribution is 2.37. The first-order chi connectivity index (χ1) is 20.3. The number of nitrogens with zero attached hydrogens (tertiary/aromatic N) is 2. The number of thiocarbonyl (C=S) groups is 2. The van der Waals surface area contributed by atoms with Crippen molar-refractivity contribution in [3.63, 3.8) is 0 Å². The average Bonchev–Trinajstić information content (AvgIpc) is 3.75. The van der Waals surface area contributed by atoms with Gasteiger partial charge in [0.25, 0.3) is 11.8 Å². The van der Waals surface area contributed by atoms with Gasteiger partial charge in [-0.15, -0.1) is 0 Å².